The van der Waals surface area contributed by atoms with Gasteiger partial charge in [0.15, 0.2) is 11.6 Å². The number of hydrogen-bond acceptors (Lipinski definition) is 5. The molecular formula is C8H9N5. The second-order valence-corrected chi connectivity index (χ2v) is 2.55. The zero-order chi connectivity index (χ0) is 9.10. The predicted molar refractivity (Wildman–Crippen MR) is 51.4 cm³/mol. The summed E-state index contributed by atoms with van der Waals surface area (Å²) in [7, 11) is 0. The van der Waals surface area contributed by atoms with E-state index in [1.807, 2.05) is 11.1 Å². The Bertz CT molecular complexity index is 357. The van der Waals surface area contributed by atoms with Crippen molar-refractivity contribution in [3.05, 3.63) is 24.8 Å². The highest BCUT2D eigenvalue weighted by molar-refractivity contribution is 5.71. The van der Waals surface area contributed by atoms with Crippen molar-refractivity contribution in [2.75, 3.05) is 17.2 Å². The molecule has 0 spiro atoms. The number of nitrogen functional groups attached to an aromatic ring is 1. The molecule has 1 aromatic rings. The third-order valence-corrected chi connectivity index (χ3v) is 1.69. The van der Waals surface area contributed by atoms with Crippen LogP contribution in [-0.4, -0.2) is 22.7 Å². The maximum atomic E-state index is 5.66. The van der Waals surface area contributed by atoms with Gasteiger partial charge in [-0.1, -0.05) is 0 Å². The summed E-state index contributed by atoms with van der Waals surface area (Å²) in [5.74, 6) is 1.10. The molecule has 0 saturated carbocycles. The maximum Gasteiger partial charge on any atom is 0.175 e. The van der Waals surface area contributed by atoms with Gasteiger partial charge in [-0.05, 0) is 0 Å². The van der Waals surface area contributed by atoms with E-state index in [2.05, 4.69) is 15.0 Å². The number of aliphatic imine (C=N–C) groups is 1. The summed E-state index contributed by atoms with van der Waals surface area (Å²) in [6.07, 6.45) is 8.48. The van der Waals surface area contributed by atoms with Gasteiger partial charge in [-0.25, -0.2) is 9.97 Å². The standard InChI is InChI=1S/C8H9N5/c9-7-8(12-2-1-11-7)13-5-3-10-4-6-13/h1-5H,6H2,(H2,9,11). The molecule has 1 aliphatic heterocycles. The number of nitrogens with zero attached hydrogens (tertiary/aromatic N) is 4. The zero-order valence-corrected chi connectivity index (χ0v) is 6.96. The minimum atomic E-state index is 0.433. The van der Waals surface area contributed by atoms with Crippen molar-refractivity contribution < 1.29 is 0 Å². The first-order valence-corrected chi connectivity index (χ1v) is 3.89. The third kappa shape index (κ3) is 1.48. The van der Waals surface area contributed by atoms with Crippen molar-refractivity contribution in [3.63, 3.8) is 0 Å². The normalized spacial score (nSPS) is 14.9. The second-order valence-electron chi connectivity index (χ2n) is 2.55. The van der Waals surface area contributed by atoms with E-state index >= 15 is 0 Å². The predicted octanol–water partition coefficient (Wildman–Crippen LogP) is 0.421. The highest BCUT2D eigenvalue weighted by Crippen LogP contribution is 2.17. The first-order chi connectivity index (χ1) is 6.38. The Hall–Kier alpha value is -1.91. The van der Waals surface area contributed by atoms with E-state index < -0.39 is 0 Å². The topological polar surface area (TPSA) is 67.4 Å². The smallest absolute Gasteiger partial charge is 0.175 e. The fraction of sp³-hybridized carbons (Fsp3) is 0.125. The van der Waals surface area contributed by atoms with E-state index in [0.29, 0.717) is 18.2 Å². The number of rotatable bonds is 1. The summed E-state index contributed by atoms with van der Waals surface area (Å²) in [5.41, 5.74) is 5.66. The number of anilines is 2. The van der Waals surface area contributed by atoms with Gasteiger partial charge >= 0.3 is 0 Å². The molecule has 0 radical (unpaired) electrons. The first kappa shape index (κ1) is 7.72. The lowest BCUT2D eigenvalue weighted by Crippen LogP contribution is -2.22. The van der Waals surface area contributed by atoms with Crippen LogP contribution in [0.2, 0.25) is 0 Å². The van der Waals surface area contributed by atoms with Crippen LogP contribution in [0.25, 0.3) is 0 Å². The highest BCUT2D eigenvalue weighted by atomic mass is 15.2. The Labute approximate surface area is 75.6 Å². The Morgan fingerprint density at radius 3 is 2.85 bits per heavy atom. The van der Waals surface area contributed by atoms with E-state index in [1.165, 1.54) is 0 Å². The van der Waals surface area contributed by atoms with Gasteiger partial charge in [-0.3, -0.25) is 4.99 Å². The molecule has 66 valence electrons. The zero-order valence-electron chi connectivity index (χ0n) is 6.96. The molecule has 1 aromatic heterocycles. The molecule has 0 aromatic carbocycles. The van der Waals surface area contributed by atoms with Gasteiger partial charge in [-0.15, -0.1) is 0 Å². The van der Waals surface area contributed by atoms with Crippen LogP contribution in [0.4, 0.5) is 11.6 Å². The van der Waals surface area contributed by atoms with Crippen LogP contribution < -0.4 is 10.6 Å². The SMILES string of the molecule is Nc1nccnc1N1C=CN=CC1. The van der Waals surface area contributed by atoms with Crippen LogP contribution in [-0.2, 0) is 0 Å². The molecule has 1 aliphatic rings. The summed E-state index contributed by atoms with van der Waals surface area (Å²) in [5, 5.41) is 0. The minimum Gasteiger partial charge on any atom is -0.381 e. The van der Waals surface area contributed by atoms with Gasteiger partial charge in [0.1, 0.15) is 0 Å². The molecule has 2 rings (SSSR count). The van der Waals surface area contributed by atoms with Crippen LogP contribution in [0.5, 0.6) is 0 Å². The van der Waals surface area contributed by atoms with E-state index in [-0.39, 0.29) is 0 Å². The van der Waals surface area contributed by atoms with Crippen LogP contribution in [0.15, 0.2) is 29.8 Å². The molecule has 0 unspecified atom stereocenters. The molecular weight excluding hydrogens is 166 g/mol. The highest BCUT2D eigenvalue weighted by Gasteiger charge is 2.08. The molecule has 0 saturated heterocycles. The van der Waals surface area contributed by atoms with Crippen molar-refractivity contribution >= 4 is 17.9 Å². The molecule has 0 aliphatic carbocycles. The lowest BCUT2D eigenvalue weighted by molar-refractivity contribution is 1.04. The summed E-state index contributed by atoms with van der Waals surface area (Å²) >= 11 is 0. The fourth-order valence-electron chi connectivity index (χ4n) is 1.10. The van der Waals surface area contributed by atoms with E-state index in [4.69, 9.17) is 5.73 Å². The molecule has 0 atom stereocenters. The van der Waals surface area contributed by atoms with E-state index in [9.17, 15) is 0 Å². The van der Waals surface area contributed by atoms with E-state index in [1.54, 1.807) is 24.8 Å². The lowest BCUT2D eigenvalue weighted by Gasteiger charge is -2.19. The Balaban J connectivity index is 2.30. The number of aromatic nitrogens is 2. The molecule has 2 heterocycles. The van der Waals surface area contributed by atoms with Crippen molar-refractivity contribution in [2.24, 2.45) is 4.99 Å². The molecule has 13 heavy (non-hydrogen) atoms. The quantitative estimate of drug-likeness (QED) is 0.671. The van der Waals surface area contributed by atoms with Crippen molar-refractivity contribution in [1.29, 1.82) is 0 Å². The van der Waals surface area contributed by atoms with Crippen molar-refractivity contribution in [1.82, 2.24) is 9.97 Å². The van der Waals surface area contributed by atoms with Gasteiger partial charge < -0.3 is 10.6 Å². The largest absolute Gasteiger partial charge is 0.381 e. The number of hydrogen-bond donors (Lipinski definition) is 1. The third-order valence-electron chi connectivity index (χ3n) is 1.69. The average Bonchev–Trinajstić information content (AvgIpc) is 2.20. The lowest BCUT2D eigenvalue weighted by atomic mass is 10.4. The summed E-state index contributed by atoms with van der Waals surface area (Å²) in [6.45, 7) is 0.680. The first-order valence-electron chi connectivity index (χ1n) is 3.89. The molecule has 0 fully saturated rings. The van der Waals surface area contributed by atoms with Crippen molar-refractivity contribution in [2.45, 2.75) is 0 Å². The molecule has 5 nitrogen and oxygen atoms in total. The molecule has 0 bridgehead atoms. The summed E-state index contributed by atoms with van der Waals surface area (Å²) in [4.78, 5) is 13.9. The molecule has 2 N–H and O–H groups in total. The van der Waals surface area contributed by atoms with Crippen LogP contribution in [0, 0.1) is 0 Å². The monoisotopic (exact) mass is 175 g/mol. The van der Waals surface area contributed by atoms with Gasteiger partial charge in [0.2, 0.25) is 0 Å². The molecule has 5 heteroatoms. The Morgan fingerprint density at radius 1 is 1.31 bits per heavy atom. The van der Waals surface area contributed by atoms with Gasteiger partial charge in [0, 0.05) is 31.0 Å². The van der Waals surface area contributed by atoms with Gasteiger partial charge in [-0.2, -0.15) is 0 Å². The summed E-state index contributed by atoms with van der Waals surface area (Å²) in [6, 6.07) is 0. The van der Waals surface area contributed by atoms with Crippen LogP contribution in [0.1, 0.15) is 0 Å². The maximum absolute atomic E-state index is 5.66. The average molecular weight is 175 g/mol. The summed E-state index contributed by atoms with van der Waals surface area (Å²) < 4.78 is 0. The second kappa shape index (κ2) is 3.22. The van der Waals surface area contributed by atoms with E-state index in [0.717, 1.165) is 0 Å². The Morgan fingerprint density at radius 2 is 2.15 bits per heavy atom. The van der Waals surface area contributed by atoms with Gasteiger partial charge in [0.25, 0.3) is 0 Å². The number of nitrogens with two attached hydrogens (primary N) is 1. The van der Waals surface area contributed by atoms with Crippen LogP contribution >= 0.6 is 0 Å². The molecule has 0 amide bonds. The Kier molecular flexibility index (Phi) is 1.91. The van der Waals surface area contributed by atoms with Crippen LogP contribution in [0.3, 0.4) is 0 Å². The fourth-order valence-corrected chi connectivity index (χ4v) is 1.10. The van der Waals surface area contributed by atoms with Gasteiger partial charge in [0.05, 0.1) is 6.54 Å². The van der Waals surface area contributed by atoms with Crippen molar-refractivity contribution in [3.8, 4) is 0 Å². The minimum absolute atomic E-state index is 0.433.